The highest BCUT2D eigenvalue weighted by atomic mass is 35.5. The van der Waals surface area contributed by atoms with Crippen molar-refractivity contribution in [3.63, 3.8) is 0 Å². The number of halogens is 5. The zero-order valence-electron chi connectivity index (χ0n) is 15.1. The highest BCUT2D eigenvalue weighted by molar-refractivity contribution is 7.89. The number of nitro benzene ring substituents is 1. The van der Waals surface area contributed by atoms with E-state index < -0.39 is 32.4 Å². The van der Waals surface area contributed by atoms with Crippen molar-refractivity contribution < 1.29 is 26.5 Å². The zero-order chi connectivity index (χ0) is 22.3. The summed E-state index contributed by atoms with van der Waals surface area (Å²) in [6.07, 6.45) is -4.72. The third-order valence-corrected chi connectivity index (χ3v) is 7.48. The van der Waals surface area contributed by atoms with Crippen molar-refractivity contribution in [2.24, 2.45) is 0 Å². The van der Waals surface area contributed by atoms with Crippen LogP contribution in [0.5, 0.6) is 0 Å². The first kappa shape index (κ1) is 22.6. The maximum atomic E-state index is 12.9. The van der Waals surface area contributed by atoms with E-state index >= 15 is 0 Å². The first-order chi connectivity index (χ1) is 13.9. The highest BCUT2D eigenvalue weighted by Gasteiger charge is 2.35. The van der Waals surface area contributed by atoms with Gasteiger partial charge in [-0.2, -0.15) is 17.5 Å². The molecule has 0 unspecified atom stereocenters. The first-order valence-electron chi connectivity index (χ1n) is 8.47. The van der Waals surface area contributed by atoms with E-state index in [0.717, 1.165) is 16.4 Å². The maximum absolute atomic E-state index is 12.9. The Balaban J connectivity index is 1.84. The van der Waals surface area contributed by atoms with Gasteiger partial charge in [0, 0.05) is 32.2 Å². The molecule has 1 aliphatic heterocycles. The van der Waals surface area contributed by atoms with Crippen LogP contribution in [-0.4, -0.2) is 43.8 Å². The van der Waals surface area contributed by atoms with Crippen LogP contribution >= 0.6 is 23.2 Å². The van der Waals surface area contributed by atoms with Crippen LogP contribution in [0.2, 0.25) is 10.0 Å². The Labute approximate surface area is 179 Å². The molecule has 162 valence electrons. The number of hydrogen-bond acceptors (Lipinski definition) is 5. The molecule has 30 heavy (non-hydrogen) atoms. The van der Waals surface area contributed by atoms with E-state index in [1.807, 2.05) is 0 Å². The maximum Gasteiger partial charge on any atom is 0.416 e. The summed E-state index contributed by atoms with van der Waals surface area (Å²) in [5.41, 5.74) is -1.83. The predicted octanol–water partition coefficient (Wildman–Crippen LogP) is 4.43. The van der Waals surface area contributed by atoms with Crippen LogP contribution in [0.1, 0.15) is 5.56 Å². The molecule has 13 heteroatoms. The van der Waals surface area contributed by atoms with Crippen LogP contribution in [0.25, 0.3) is 0 Å². The average molecular weight is 484 g/mol. The van der Waals surface area contributed by atoms with Gasteiger partial charge >= 0.3 is 6.18 Å². The first-order valence-corrected chi connectivity index (χ1v) is 10.7. The molecular weight excluding hydrogens is 470 g/mol. The zero-order valence-corrected chi connectivity index (χ0v) is 17.4. The molecule has 0 radical (unpaired) electrons. The van der Waals surface area contributed by atoms with Crippen molar-refractivity contribution in [2.45, 2.75) is 11.1 Å². The van der Waals surface area contributed by atoms with Crippen LogP contribution in [0.4, 0.5) is 24.5 Å². The van der Waals surface area contributed by atoms with Gasteiger partial charge in [-0.05, 0) is 24.3 Å². The Morgan fingerprint density at radius 3 is 2.23 bits per heavy atom. The van der Waals surface area contributed by atoms with Gasteiger partial charge in [0.1, 0.15) is 10.6 Å². The molecule has 2 aromatic carbocycles. The number of nitro groups is 1. The standard InChI is InChI=1S/C17H14Cl2F3N3O4S/c18-12-2-1-3-15(16(12)19)30(28,29)24-8-6-23(7-9-24)13-5-4-11(17(20,21)22)10-14(13)25(26)27/h1-5,10H,6-9H2. The Morgan fingerprint density at radius 2 is 1.67 bits per heavy atom. The van der Waals surface area contributed by atoms with Gasteiger partial charge in [-0.15, -0.1) is 0 Å². The number of sulfonamides is 1. The number of anilines is 1. The van der Waals surface area contributed by atoms with Gasteiger partial charge in [0.15, 0.2) is 0 Å². The van der Waals surface area contributed by atoms with Crippen molar-refractivity contribution in [3.8, 4) is 0 Å². The van der Waals surface area contributed by atoms with Crippen molar-refractivity contribution in [2.75, 3.05) is 31.1 Å². The van der Waals surface area contributed by atoms with E-state index in [0.29, 0.717) is 6.07 Å². The normalized spacial score (nSPS) is 16.0. The van der Waals surface area contributed by atoms with Gasteiger partial charge < -0.3 is 4.90 Å². The van der Waals surface area contributed by atoms with E-state index in [2.05, 4.69) is 0 Å². The third kappa shape index (κ3) is 4.34. The lowest BCUT2D eigenvalue weighted by Gasteiger charge is -2.35. The van der Waals surface area contributed by atoms with Gasteiger partial charge in [0.05, 0.1) is 20.5 Å². The summed E-state index contributed by atoms with van der Waals surface area (Å²) in [6.45, 7) is 0.0138. The minimum Gasteiger partial charge on any atom is -0.363 e. The van der Waals surface area contributed by atoms with E-state index in [4.69, 9.17) is 23.2 Å². The predicted molar refractivity (Wildman–Crippen MR) is 106 cm³/mol. The number of rotatable bonds is 4. The van der Waals surface area contributed by atoms with Gasteiger partial charge in [-0.25, -0.2) is 8.42 Å². The number of piperazine rings is 1. The van der Waals surface area contributed by atoms with E-state index in [-0.39, 0.29) is 46.8 Å². The summed E-state index contributed by atoms with van der Waals surface area (Å²) < 4.78 is 65.5. The van der Waals surface area contributed by atoms with E-state index in [1.165, 1.54) is 23.1 Å². The van der Waals surface area contributed by atoms with Crippen LogP contribution in [-0.2, 0) is 16.2 Å². The molecule has 3 rings (SSSR count). The molecule has 2 aromatic rings. The van der Waals surface area contributed by atoms with Gasteiger partial charge in [-0.3, -0.25) is 10.1 Å². The molecule has 0 spiro atoms. The fourth-order valence-electron chi connectivity index (χ4n) is 3.11. The molecule has 0 N–H and O–H groups in total. The molecule has 1 saturated heterocycles. The lowest BCUT2D eigenvalue weighted by atomic mass is 10.1. The average Bonchev–Trinajstić information content (AvgIpc) is 2.68. The largest absolute Gasteiger partial charge is 0.416 e. The van der Waals surface area contributed by atoms with Gasteiger partial charge in [0.25, 0.3) is 5.69 Å². The fraction of sp³-hybridized carbons (Fsp3) is 0.294. The van der Waals surface area contributed by atoms with Crippen LogP contribution in [0.15, 0.2) is 41.3 Å². The van der Waals surface area contributed by atoms with Gasteiger partial charge in [-0.1, -0.05) is 29.3 Å². The molecule has 7 nitrogen and oxygen atoms in total. The molecule has 1 aliphatic rings. The molecule has 0 atom stereocenters. The summed E-state index contributed by atoms with van der Waals surface area (Å²) in [4.78, 5) is 11.7. The Kier molecular flexibility index (Phi) is 6.19. The molecule has 1 fully saturated rings. The third-order valence-electron chi connectivity index (χ3n) is 4.61. The van der Waals surface area contributed by atoms with Crippen LogP contribution in [0.3, 0.4) is 0 Å². The smallest absolute Gasteiger partial charge is 0.363 e. The SMILES string of the molecule is O=[N+]([O-])c1cc(C(F)(F)F)ccc1N1CCN(S(=O)(=O)c2cccc(Cl)c2Cl)CC1. The van der Waals surface area contributed by atoms with Crippen molar-refractivity contribution >= 4 is 44.6 Å². The van der Waals surface area contributed by atoms with Crippen molar-refractivity contribution in [3.05, 3.63) is 62.1 Å². The molecular formula is C17H14Cl2F3N3O4S. The summed E-state index contributed by atoms with van der Waals surface area (Å²) >= 11 is 11.9. The van der Waals surface area contributed by atoms with E-state index in [1.54, 1.807) is 0 Å². The van der Waals surface area contributed by atoms with Gasteiger partial charge in [0.2, 0.25) is 10.0 Å². The summed E-state index contributed by atoms with van der Waals surface area (Å²) in [5.74, 6) is 0. The quantitative estimate of drug-likeness (QED) is 0.474. The molecule has 1 heterocycles. The van der Waals surface area contributed by atoms with Crippen LogP contribution < -0.4 is 4.90 Å². The topological polar surface area (TPSA) is 83.8 Å². The monoisotopic (exact) mass is 483 g/mol. The molecule has 0 aromatic heterocycles. The Hall–Kier alpha value is -2.08. The number of nitrogens with zero attached hydrogens (tertiary/aromatic N) is 3. The van der Waals surface area contributed by atoms with Crippen molar-refractivity contribution in [1.82, 2.24) is 4.31 Å². The fourth-order valence-corrected chi connectivity index (χ4v) is 5.26. The second-order valence-corrected chi connectivity index (χ2v) is 9.09. The minimum absolute atomic E-state index is 0.00849. The molecule has 0 saturated carbocycles. The summed E-state index contributed by atoms with van der Waals surface area (Å²) in [7, 11) is -3.97. The van der Waals surface area contributed by atoms with Crippen molar-refractivity contribution in [1.29, 1.82) is 0 Å². The number of benzene rings is 2. The summed E-state index contributed by atoms with van der Waals surface area (Å²) in [6, 6.07) is 6.48. The molecule has 0 amide bonds. The second-order valence-electron chi connectivity index (χ2n) is 6.40. The Morgan fingerprint density at radius 1 is 1.03 bits per heavy atom. The highest BCUT2D eigenvalue weighted by Crippen LogP contribution is 2.37. The lowest BCUT2D eigenvalue weighted by Crippen LogP contribution is -2.48. The number of alkyl halides is 3. The number of hydrogen-bond donors (Lipinski definition) is 0. The Bertz CT molecular complexity index is 1090. The van der Waals surface area contributed by atoms with E-state index in [9.17, 15) is 31.7 Å². The minimum atomic E-state index is -4.72. The second kappa shape index (κ2) is 8.22. The van der Waals surface area contributed by atoms with Crippen LogP contribution in [0, 0.1) is 10.1 Å². The lowest BCUT2D eigenvalue weighted by molar-refractivity contribution is -0.384. The molecule has 0 aliphatic carbocycles. The molecule has 0 bridgehead atoms. The summed E-state index contributed by atoms with van der Waals surface area (Å²) in [5, 5.41) is 11.3.